The van der Waals surface area contributed by atoms with Crippen molar-refractivity contribution < 1.29 is 9.47 Å². The summed E-state index contributed by atoms with van der Waals surface area (Å²) in [7, 11) is 5.10. The van der Waals surface area contributed by atoms with Crippen molar-refractivity contribution in [2.24, 2.45) is 5.41 Å². The van der Waals surface area contributed by atoms with E-state index in [0.29, 0.717) is 28.9 Å². The SMILES string of the molecule is CNCCCCc1nc2cc(OC)c(OC)cc2c(=O)n1CC(C)(C)C.Cl.Cl. The van der Waals surface area contributed by atoms with Crippen molar-refractivity contribution in [2.45, 2.75) is 46.6 Å². The molecule has 0 fully saturated rings. The molecule has 6 nitrogen and oxygen atoms in total. The van der Waals surface area contributed by atoms with Gasteiger partial charge in [0.15, 0.2) is 11.5 Å². The molecule has 0 aliphatic heterocycles. The van der Waals surface area contributed by atoms with E-state index in [9.17, 15) is 4.79 Å². The zero-order chi connectivity index (χ0) is 19.3. The topological polar surface area (TPSA) is 65.4 Å². The number of ether oxygens (including phenoxy) is 2. The minimum atomic E-state index is -0.0190. The van der Waals surface area contributed by atoms with Gasteiger partial charge in [-0.1, -0.05) is 20.8 Å². The third-order valence-corrected chi connectivity index (χ3v) is 4.25. The molecule has 1 heterocycles. The maximum Gasteiger partial charge on any atom is 0.261 e. The van der Waals surface area contributed by atoms with Crippen molar-refractivity contribution in [1.29, 1.82) is 0 Å². The Balaban J connectivity index is 0.00000364. The van der Waals surface area contributed by atoms with Crippen LogP contribution >= 0.6 is 24.8 Å². The summed E-state index contributed by atoms with van der Waals surface area (Å²) < 4.78 is 12.5. The monoisotopic (exact) mass is 433 g/mol. The van der Waals surface area contributed by atoms with Gasteiger partial charge in [-0.25, -0.2) is 4.98 Å². The van der Waals surface area contributed by atoms with Gasteiger partial charge in [-0.3, -0.25) is 9.36 Å². The number of halogens is 2. The number of hydrogen-bond donors (Lipinski definition) is 1. The summed E-state index contributed by atoms with van der Waals surface area (Å²) >= 11 is 0. The first kappa shape index (κ1) is 26.5. The second-order valence-corrected chi connectivity index (χ2v) is 7.76. The first-order valence-electron chi connectivity index (χ1n) is 9.10. The summed E-state index contributed by atoms with van der Waals surface area (Å²) in [6.45, 7) is 7.97. The van der Waals surface area contributed by atoms with Crippen LogP contribution < -0.4 is 20.3 Å². The fourth-order valence-electron chi connectivity index (χ4n) is 3.01. The van der Waals surface area contributed by atoms with Crippen molar-refractivity contribution >= 4 is 35.7 Å². The fourth-order valence-corrected chi connectivity index (χ4v) is 3.01. The molecule has 160 valence electrons. The molecule has 0 aliphatic carbocycles. The van der Waals surface area contributed by atoms with Gasteiger partial charge < -0.3 is 14.8 Å². The van der Waals surface area contributed by atoms with Crippen molar-refractivity contribution in [3.05, 3.63) is 28.3 Å². The lowest BCUT2D eigenvalue weighted by Gasteiger charge is -2.23. The molecular formula is C20H33Cl2N3O3. The van der Waals surface area contributed by atoms with Crippen molar-refractivity contribution in [3.8, 4) is 11.5 Å². The van der Waals surface area contributed by atoms with E-state index in [1.165, 1.54) is 0 Å². The third kappa shape index (κ3) is 6.54. The van der Waals surface area contributed by atoms with Gasteiger partial charge >= 0.3 is 0 Å². The first-order valence-corrected chi connectivity index (χ1v) is 9.10. The molecule has 1 aromatic heterocycles. The number of nitrogens with zero attached hydrogens (tertiary/aromatic N) is 2. The number of hydrogen-bond acceptors (Lipinski definition) is 5. The Morgan fingerprint density at radius 1 is 1.07 bits per heavy atom. The minimum absolute atomic E-state index is 0. The van der Waals surface area contributed by atoms with Crippen molar-refractivity contribution in [1.82, 2.24) is 14.9 Å². The normalized spacial score (nSPS) is 10.9. The predicted octanol–water partition coefficient (Wildman–Crippen LogP) is 3.85. The Morgan fingerprint density at radius 3 is 2.21 bits per heavy atom. The molecule has 0 spiro atoms. The van der Waals surface area contributed by atoms with E-state index in [0.717, 1.165) is 31.6 Å². The van der Waals surface area contributed by atoms with E-state index in [4.69, 9.17) is 14.5 Å². The van der Waals surface area contributed by atoms with Gasteiger partial charge in [0.25, 0.3) is 5.56 Å². The van der Waals surface area contributed by atoms with E-state index in [-0.39, 0.29) is 35.8 Å². The van der Waals surface area contributed by atoms with Crippen LogP contribution in [0.3, 0.4) is 0 Å². The van der Waals surface area contributed by atoms with Gasteiger partial charge in [-0.2, -0.15) is 0 Å². The molecule has 28 heavy (non-hydrogen) atoms. The summed E-state index contributed by atoms with van der Waals surface area (Å²) in [6.07, 6.45) is 2.80. The number of rotatable bonds is 8. The fraction of sp³-hybridized carbons (Fsp3) is 0.600. The second kappa shape index (κ2) is 11.5. The summed E-state index contributed by atoms with van der Waals surface area (Å²) in [4.78, 5) is 18.0. The number of aromatic nitrogens is 2. The lowest BCUT2D eigenvalue weighted by Crippen LogP contribution is -2.31. The molecule has 0 unspecified atom stereocenters. The van der Waals surface area contributed by atoms with Crippen LogP contribution in [0.15, 0.2) is 16.9 Å². The lowest BCUT2D eigenvalue weighted by atomic mass is 9.96. The molecule has 0 bridgehead atoms. The zero-order valence-corrected chi connectivity index (χ0v) is 19.3. The molecule has 0 atom stereocenters. The van der Waals surface area contributed by atoms with Crippen LogP contribution in [-0.2, 0) is 13.0 Å². The molecule has 2 aromatic rings. The molecule has 2 rings (SSSR count). The average Bonchev–Trinajstić information content (AvgIpc) is 2.59. The van der Waals surface area contributed by atoms with E-state index >= 15 is 0 Å². The van der Waals surface area contributed by atoms with Crippen LogP contribution in [0.4, 0.5) is 0 Å². The molecule has 0 saturated heterocycles. The van der Waals surface area contributed by atoms with Gasteiger partial charge in [0.2, 0.25) is 0 Å². The Hall–Kier alpha value is -1.50. The second-order valence-electron chi connectivity index (χ2n) is 7.76. The summed E-state index contributed by atoms with van der Waals surface area (Å²) in [5, 5.41) is 3.72. The molecule has 1 N–H and O–H groups in total. The van der Waals surface area contributed by atoms with E-state index in [2.05, 4.69) is 26.1 Å². The molecule has 0 radical (unpaired) electrons. The Bertz CT molecular complexity index is 817. The van der Waals surface area contributed by atoms with Crippen molar-refractivity contribution in [3.63, 3.8) is 0 Å². The Kier molecular flexibility index (Phi) is 10.9. The predicted molar refractivity (Wildman–Crippen MR) is 120 cm³/mol. The van der Waals surface area contributed by atoms with Gasteiger partial charge in [-0.05, 0) is 37.9 Å². The molecule has 0 amide bonds. The molecule has 0 aliphatic rings. The van der Waals surface area contributed by atoms with E-state index in [1.54, 1.807) is 26.4 Å². The van der Waals surface area contributed by atoms with E-state index in [1.807, 2.05) is 11.6 Å². The van der Waals surface area contributed by atoms with Crippen LogP contribution in [0.2, 0.25) is 0 Å². The molecule has 0 saturated carbocycles. The van der Waals surface area contributed by atoms with E-state index < -0.39 is 0 Å². The number of methoxy groups -OCH3 is 2. The van der Waals surface area contributed by atoms with Gasteiger partial charge in [-0.15, -0.1) is 24.8 Å². The number of nitrogens with one attached hydrogen (secondary N) is 1. The van der Waals surface area contributed by atoms with Gasteiger partial charge in [0.1, 0.15) is 5.82 Å². The largest absolute Gasteiger partial charge is 0.493 e. The first-order chi connectivity index (χ1) is 12.3. The third-order valence-electron chi connectivity index (χ3n) is 4.25. The standard InChI is InChI=1S/C20H31N3O3.2ClH/c1-20(2,3)13-23-18(9-7-8-10-21-4)22-15-12-17(26-6)16(25-5)11-14(15)19(23)24;;/h11-12,21H,7-10,13H2,1-6H3;2*1H. The number of aryl methyl sites for hydroxylation is 1. The van der Waals surface area contributed by atoms with Crippen LogP contribution in [0.5, 0.6) is 11.5 Å². The highest BCUT2D eigenvalue weighted by Crippen LogP contribution is 2.30. The number of unbranched alkanes of at least 4 members (excludes halogenated alkanes) is 1. The Labute approximate surface area is 179 Å². The number of benzene rings is 1. The van der Waals surface area contributed by atoms with Crippen LogP contribution in [0.25, 0.3) is 10.9 Å². The minimum Gasteiger partial charge on any atom is -0.493 e. The van der Waals surface area contributed by atoms with Gasteiger partial charge in [0, 0.05) is 19.0 Å². The highest BCUT2D eigenvalue weighted by atomic mass is 35.5. The zero-order valence-electron chi connectivity index (χ0n) is 17.6. The average molecular weight is 434 g/mol. The van der Waals surface area contributed by atoms with Crippen LogP contribution in [-0.4, -0.2) is 37.4 Å². The molecule has 8 heteroatoms. The quantitative estimate of drug-likeness (QED) is 0.640. The van der Waals surface area contributed by atoms with Crippen LogP contribution in [0, 0.1) is 5.41 Å². The lowest BCUT2D eigenvalue weighted by molar-refractivity contribution is 0.330. The highest BCUT2D eigenvalue weighted by molar-refractivity contribution is 5.85. The summed E-state index contributed by atoms with van der Waals surface area (Å²) in [5.41, 5.74) is 0.617. The maximum atomic E-state index is 13.2. The smallest absolute Gasteiger partial charge is 0.261 e. The Morgan fingerprint density at radius 2 is 1.68 bits per heavy atom. The van der Waals surface area contributed by atoms with Crippen LogP contribution in [0.1, 0.15) is 39.4 Å². The number of fused-ring (bicyclic) bond motifs is 1. The highest BCUT2D eigenvalue weighted by Gasteiger charge is 2.19. The molecular weight excluding hydrogens is 401 g/mol. The maximum absolute atomic E-state index is 13.2. The van der Waals surface area contributed by atoms with Crippen molar-refractivity contribution in [2.75, 3.05) is 27.8 Å². The summed E-state index contributed by atoms with van der Waals surface area (Å²) in [6, 6.07) is 3.52. The molecule has 1 aromatic carbocycles. The summed E-state index contributed by atoms with van der Waals surface area (Å²) in [5.74, 6) is 1.96. The van der Waals surface area contributed by atoms with Gasteiger partial charge in [0.05, 0.1) is 25.1 Å².